The van der Waals surface area contributed by atoms with Crippen molar-refractivity contribution in [2.75, 3.05) is 0 Å². The number of fused-ring (bicyclic) bond motifs is 1. The van der Waals surface area contributed by atoms with E-state index in [2.05, 4.69) is 46.6 Å². The zero-order valence-corrected chi connectivity index (χ0v) is 16.1. The number of hydrogen-bond acceptors (Lipinski definition) is 5. The Balaban J connectivity index is 1.58. The lowest BCUT2D eigenvalue weighted by Crippen LogP contribution is -2.14. The van der Waals surface area contributed by atoms with Crippen molar-refractivity contribution in [3.05, 3.63) is 78.0 Å². The quantitative estimate of drug-likeness (QED) is 0.461. The molecule has 0 bridgehead atoms. The van der Waals surface area contributed by atoms with Gasteiger partial charge in [0, 0.05) is 18.6 Å². The maximum absolute atomic E-state index is 11.2. The zero-order chi connectivity index (χ0) is 19.3. The maximum Gasteiger partial charge on any atom is 0.217 e. The molecule has 0 radical (unpaired) electrons. The molecular formula is C21H20N4O2S. The minimum atomic E-state index is -0.350. The number of carbonyl (C=O) groups excluding carboxylic acids is 1. The summed E-state index contributed by atoms with van der Waals surface area (Å²) in [6.07, 6.45) is 2.34. The second kappa shape index (κ2) is 8.31. The fraction of sp³-hybridized carbons (Fsp3) is 0.190. The van der Waals surface area contributed by atoms with Crippen LogP contribution in [0.25, 0.3) is 10.8 Å². The van der Waals surface area contributed by atoms with E-state index >= 15 is 0 Å². The summed E-state index contributed by atoms with van der Waals surface area (Å²) in [5.74, 6) is 1.97. The fourth-order valence-electron chi connectivity index (χ4n) is 3.12. The molecule has 0 aliphatic heterocycles. The Morgan fingerprint density at radius 2 is 1.93 bits per heavy atom. The van der Waals surface area contributed by atoms with Crippen molar-refractivity contribution in [3.8, 4) is 0 Å². The van der Waals surface area contributed by atoms with E-state index in [0.717, 1.165) is 22.5 Å². The van der Waals surface area contributed by atoms with Crippen LogP contribution in [0.15, 0.2) is 70.4 Å². The molecule has 142 valence electrons. The molecule has 28 heavy (non-hydrogen) atoms. The number of nitrogens with zero attached hydrogens (tertiary/aromatic N) is 3. The van der Waals surface area contributed by atoms with Crippen molar-refractivity contribution in [2.45, 2.75) is 30.3 Å². The summed E-state index contributed by atoms with van der Waals surface area (Å²) in [5, 5.41) is 11.9. The highest BCUT2D eigenvalue weighted by atomic mass is 32.2. The Bertz CT molecular complexity index is 1080. The molecule has 0 spiro atoms. The normalized spacial score (nSPS) is 11.1. The van der Waals surface area contributed by atoms with Crippen molar-refractivity contribution in [3.63, 3.8) is 0 Å². The van der Waals surface area contributed by atoms with Gasteiger partial charge >= 0.3 is 0 Å². The topological polar surface area (TPSA) is 86.9 Å². The molecule has 1 amide bonds. The van der Waals surface area contributed by atoms with Crippen LogP contribution in [0.2, 0.25) is 0 Å². The second-order valence-corrected chi connectivity index (χ2v) is 7.40. The number of aryl methyl sites for hydroxylation is 1. The third kappa shape index (κ3) is 4.09. The van der Waals surface area contributed by atoms with Crippen LogP contribution in [-0.2, 0) is 23.5 Å². The number of furan rings is 1. The summed E-state index contributed by atoms with van der Waals surface area (Å²) in [5.41, 5.74) is 6.55. The van der Waals surface area contributed by atoms with Crippen LogP contribution < -0.4 is 5.73 Å². The van der Waals surface area contributed by atoms with Gasteiger partial charge in [-0.2, -0.15) is 0 Å². The first-order chi connectivity index (χ1) is 13.7. The third-order valence-electron chi connectivity index (χ3n) is 4.52. The monoisotopic (exact) mass is 392 g/mol. The lowest BCUT2D eigenvalue weighted by molar-refractivity contribution is -0.118. The number of rotatable bonds is 8. The van der Waals surface area contributed by atoms with Gasteiger partial charge in [-0.1, -0.05) is 54.2 Å². The van der Waals surface area contributed by atoms with E-state index in [0.29, 0.717) is 13.0 Å². The lowest BCUT2D eigenvalue weighted by Gasteiger charge is -2.09. The molecule has 2 aromatic heterocycles. The van der Waals surface area contributed by atoms with Crippen LogP contribution in [0.4, 0.5) is 0 Å². The van der Waals surface area contributed by atoms with E-state index in [1.54, 1.807) is 18.0 Å². The van der Waals surface area contributed by atoms with E-state index < -0.39 is 0 Å². The Hall–Kier alpha value is -3.06. The Kier molecular flexibility index (Phi) is 5.43. The van der Waals surface area contributed by atoms with Crippen molar-refractivity contribution < 1.29 is 9.21 Å². The summed E-state index contributed by atoms with van der Waals surface area (Å²) >= 11 is 1.62. The van der Waals surface area contributed by atoms with Crippen molar-refractivity contribution in [2.24, 2.45) is 5.73 Å². The van der Waals surface area contributed by atoms with Crippen LogP contribution in [0.5, 0.6) is 0 Å². The van der Waals surface area contributed by atoms with Crippen molar-refractivity contribution >= 4 is 28.4 Å². The van der Waals surface area contributed by atoms with Gasteiger partial charge in [0.15, 0.2) is 5.16 Å². The predicted molar refractivity (Wildman–Crippen MR) is 109 cm³/mol. The molecule has 7 heteroatoms. The molecular weight excluding hydrogens is 372 g/mol. The van der Waals surface area contributed by atoms with Gasteiger partial charge in [-0.15, -0.1) is 10.2 Å². The highest BCUT2D eigenvalue weighted by molar-refractivity contribution is 7.98. The molecule has 0 fully saturated rings. The zero-order valence-electron chi connectivity index (χ0n) is 15.2. The van der Waals surface area contributed by atoms with Gasteiger partial charge < -0.3 is 10.2 Å². The summed E-state index contributed by atoms with van der Waals surface area (Å²) in [6.45, 7) is 0.520. The summed E-state index contributed by atoms with van der Waals surface area (Å²) in [7, 11) is 0. The van der Waals surface area contributed by atoms with Crippen LogP contribution in [0.3, 0.4) is 0 Å². The number of nitrogens with two attached hydrogens (primary N) is 1. The smallest absolute Gasteiger partial charge is 0.217 e. The van der Waals surface area contributed by atoms with Gasteiger partial charge in [0.2, 0.25) is 5.91 Å². The first kappa shape index (κ1) is 18.3. The first-order valence-electron chi connectivity index (χ1n) is 9.03. The maximum atomic E-state index is 11.2. The van der Waals surface area contributed by atoms with Crippen LogP contribution in [0, 0.1) is 0 Å². The molecule has 0 aliphatic carbocycles. The molecule has 0 unspecified atom stereocenters. The molecule has 0 atom stereocenters. The van der Waals surface area contributed by atoms with E-state index in [1.807, 2.05) is 22.8 Å². The SMILES string of the molecule is NC(=O)CCc1nnc(SCc2cccc3ccccc23)n1Cc1ccco1. The van der Waals surface area contributed by atoms with Crippen molar-refractivity contribution in [1.29, 1.82) is 0 Å². The predicted octanol–water partition coefficient (Wildman–Crippen LogP) is 3.78. The second-order valence-electron chi connectivity index (χ2n) is 6.46. The van der Waals surface area contributed by atoms with Gasteiger partial charge in [-0.05, 0) is 28.5 Å². The minimum absolute atomic E-state index is 0.240. The minimum Gasteiger partial charge on any atom is -0.467 e. The van der Waals surface area contributed by atoms with Crippen LogP contribution >= 0.6 is 11.8 Å². The molecule has 0 aliphatic rings. The summed E-state index contributed by atoms with van der Waals surface area (Å²) < 4.78 is 7.48. The largest absolute Gasteiger partial charge is 0.467 e. The standard InChI is InChI=1S/C21H20N4O2S/c22-19(26)10-11-20-23-24-21(25(20)13-17-8-4-12-27-17)28-14-16-7-3-6-15-5-1-2-9-18(15)16/h1-9,12H,10-11,13-14H2,(H2,22,26). The molecule has 0 saturated carbocycles. The molecule has 2 aromatic carbocycles. The average molecular weight is 392 g/mol. The lowest BCUT2D eigenvalue weighted by atomic mass is 10.1. The number of carbonyl (C=O) groups is 1. The summed E-state index contributed by atoms with van der Waals surface area (Å²) in [4.78, 5) is 11.2. The third-order valence-corrected chi connectivity index (χ3v) is 5.53. The molecule has 4 rings (SSSR count). The molecule has 2 N–H and O–H groups in total. The highest BCUT2D eigenvalue weighted by Crippen LogP contribution is 2.27. The van der Waals surface area contributed by atoms with Crippen LogP contribution in [0.1, 0.15) is 23.6 Å². The van der Waals surface area contributed by atoms with E-state index in [9.17, 15) is 4.79 Å². The average Bonchev–Trinajstić information content (AvgIpc) is 3.35. The Morgan fingerprint density at radius 3 is 2.75 bits per heavy atom. The van der Waals surface area contributed by atoms with Gasteiger partial charge in [0.25, 0.3) is 0 Å². The van der Waals surface area contributed by atoms with Gasteiger partial charge in [-0.25, -0.2) is 0 Å². The van der Waals surface area contributed by atoms with Crippen molar-refractivity contribution in [1.82, 2.24) is 14.8 Å². The number of aromatic nitrogens is 3. The van der Waals surface area contributed by atoms with E-state index in [-0.39, 0.29) is 12.3 Å². The van der Waals surface area contributed by atoms with Gasteiger partial charge in [0.05, 0.1) is 12.8 Å². The number of thioether (sulfide) groups is 1. The number of amides is 1. The summed E-state index contributed by atoms with van der Waals surface area (Å²) in [6, 6.07) is 18.4. The number of benzene rings is 2. The van der Waals surface area contributed by atoms with E-state index in [1.165, 1.54) is 16.3 Å². The molecule has 0 saturated heterocycles. The molecule has 6 nitrogen and oxygen atoms in total. The highest BCUT2D eigenvalue weighted by Gasteiger charge is 2.15. The first-order valence-corrected chi connectivity index (χ1v) is 10.0. The van der Waals surface area contributed by atoms with E-state index in [4.69, 9.17) is 10.2 Å². The van der Waals surface area contributed by atoms with Crippen LogP contribution in [-0.4, -0.2) is 20.7 Å². The van der Waals surface area contributed by atoms with Gasteiger partial charge in [0.1, 0.15) is 11.6 Å². The Morgan fingerprint density at radius 1 is 1.07 bits per heavy atom. The molecule has 2 heterocycles. The fourth-order valence-corrected chi connectivity index (χ4v) is 4.08. The number of hydrogen-bond donors (Lipinski definition) is 1. The molecule has 4 aromatic rings. The van der Waals surface area contributed by atoms with Gasteiger partial charge in [-0.3, -0.25) is 9.36 Å². The number of primary amides is 1. The Labute approximate surface area is 166 Å².